The maximum atomic E-state index is 11.7. The van der Waals surface area contributed by atoms with Gasteiger partial charge < -0.3 is 14.7 Å². The van der Waals surface area contributed by atoms with Gasteiger partial charge in [-0.3, -0.25) is 4.79 Å². The van der Waals surface area contributed by atoms with Crippen LogP contribution in [-0.4, -0.2) is 54.0 Å². The van der Waals surface area contributed by atoms with E-state index in [1.807, 2.05) is 6.92 Å². The average molecular weight is 255 g/mol. The molecule has 0 aromatic rings. The summed E-state index contributed by atoms with van der Waals surface area (Å²) in [6.45, 7) is 0.243. The molecule has 0 bridgehead atoms. The maximum Gasteiger partial charge on any atom is 0.411 e. The molecular weight excluding hydrogens is 239 g/mol. The number of halogens is 3. The molecule has 0 saturated carbocycles. The number of amides is 1. The fourth-order valence-electron chi connectivity index (χ4n) is 1.81. The van der Waals surface area contributed by atoms with Crippen molar-refractivity contribution >= 4 is 5.91 Å². The van der Waals surface area contributed by atoms with E-state index in [0.29, 0.717) is 6.42 Å². The van der Waals surface area contributed by atoms with Crippen molar-refractivity contribution in [2.24, 2.45) is 0 Å². The lowest BCUT2D eigenvalue weighted by molar-refractivity contribution is -0.184. The van der Waals surface area contributed by atoms with Crippen molar-refractivity contribution in [2.45, 2.75) is 31.5 Å². The van der Waals surface area contributed by atoms with Crippen molar-refractivity contribution in [3.63, 3.8) is 0 Å². The second-order valence-corrected chi connectivity index (χ2v) is 4.33. The van der Waals surface area contributed by atoms with Crippen LogP contribution in [0.5, 0.6) is 0 Å². The monoisotopic (exact) mass is 255 g/mol. The van der Waals surface area contributed by atoms with E-state index in [1.54, 1.807) is 0 Å². The number of ether oxygens (including phenoxy) is 1. The molecule has 0 radical (unpaired) electrons. The molecule has 1 amide bonds. The molecule has 1 heterocycles. The SMILES string of the molecule is CCCC1(O)CN(C(=O)COCC(F)(F)F)C1. The van der Waals surface area contributed by atoms with Gasteiger partial charge in [-0.25, -0.2) is 0 Å². The number of carbonyl (C=O) groups is 1. The van der Waals surface area contributed by atoms with Gasteiger partial charge in [-0.1, -0.05) is 13.3 Å². The average Bonchev–Trinajstić information content (AvgIpc) is 2.12. The van der Waals surface area contributed by atoms with E-state index < -0.39 is 30.9 Å². The third-order valence-electron chi connectivity index (χ3n) is 2.53. The molecular formula is C10H16F3NO3. The van der Waals surface area contributed by atoms with Crippen molar-refractivity contribution in [1.29, 1.82) is 0 Å². The summed E-state index contributed by atoms with van der Waals surface area (Å²) in [4.78, 5) is 12.6. The molecule has 0 aromatic heterocycles. The number of likely N-dealkylation sites (tertiary alicyclic amines) is 1. The first-order valence-corrected chi connectivity index (χ1v) is 5.40. The Hall–Kier alpha value is -0.820. The quantitative estimate of drug-likeness (QED) is 0.795. The van der Waals surface area contributed by atoms with Crippen LogP contribution < -0.4 is 0 Å². The molecule has 4 nitrogen and oxygen atoms in total. The minimum absolute atomic E-state index is 0.176. The zero-order valence-electron chi connectivity index (χ0n) is 9.59. The van der Waals surface area contributed by atoms with Crippen molar-refractivity contribution in [3.8, 4) is 0 Å². The third-order valence-corrected chi connectivity index (χ3v) is 2.53. The van der Waals surface area contributed by atoms with Gasteiger partial charge in [-0.15, -0.1) is 0 Å². The Morgan fingerprint density at radius 2 is 2.06 bits per heavy atom. The number of nitrogens with zero attached hydrogens (tertiary/aromatic N) is 1. The second-order valence-electron chi connectivity index (χ2n) is 4.33. The lowest BCUT2D eigenvalue weighted by atomic mass is 9.89. The van der Waals surface area contributed by atoms with Crippen molar-refractivity contribution < 1.29 is 27.8 Å². The standard InChI is InChI=1S/C10H16F3NO3/c1-2-3-9(16)5-14(6-9)8(15)4-17-7-10(11,12)13/h16H,2-7H2,1H3. The Balaban J connectivity index is 2.19. The molecule has 1 N–H and O–H groups in total. The second kappa shape index (κ2) is 5.22. The highest BCUT2D eigenvalue weighted by Gasteiger charge is 2.42. The van der Waals surface area contributed by atoms with Gasteiger partial charge in [0.15, 0.2) is 0 Å². The van der Waals surface area contributed by atoms with Crippen LogP contribution in [0.3, 0.4) is 0 Å². The summed E-state index contributed by atoms with van der Waals surface area (Å²) in [6, 6.07) is 0. The maximum absolute atomic E-state index is 11.7. The van der Waals surface area contributed by atoms with Gasteiger partial charge in [-0.2, -0.15) is 13.2 Å². The molecule has 100 valence electrons. The van der Waals surface area contributed by atoms with E-state index in [0.717, 1.165) is 6.42 Å². The van der Waals surface area contributed by atoms with Crippen molar-refractivity contribution in [3.05, 3.63) is 0 Å². The molecule has 1 aliphatic heterocycles. The van der Waals surface area contributed by atoms with Crippen LogP contribution >= 0.6 is 0 Å². The summed E-state index contributed by atoms with van der Waals surface area (Å²) in [5.74, 6) is -0.518. The smallest absolute Gasteiger partial charge is 0.386 e. The Morgan fingerprint density at radius 3 is 2.53 bits per heavy atom. The highest BCUT2D eigenvalue weighted by atomic mass is 19.4. The molecule has 0 spiro atoms. The van der Waals surface area contributed by atoms with Gasteiger partial charge in [-0.05, 0) is 6.42 Å². The zero-order chi connectivity index (χ0) is 13.1. The van der Waals surface area contributed by atoms with E-state index in [-0.39, 0.29) is 13.1 Å². The van der Waals surface area contributed by atoms with E-state index in [2.05, 4.69) is 4.74 Å². The van der Waals surface area contributed by atoms with Crippen LogP contribution in [0.4, 0.5) is 13.2 Å². The van der Waals surface area contributed by atoms with Crippen LogP contribution in [0.15, 0.2) is 0 Å². The lowest BCUT2D eigenvalue weighted by Gasteiger charge is -2.46. The largest absolute Gasteiger partial charge is 0.411 e. The molecule has 1 aliphatic rings. The highest BCUT2D eigenvalue weighted by Crippen LogP contribution is 2.25. The predicted molar refractivity (Wildman–Crippen MR) is 53.3 cm³/mol. The van der Waals surface area contributed by atoms with Gasteiger partial charge in [0.1, 0.15) is 13.2 Å². The number of alkyl halides is 3. The number of rotatable bonds is 5. The Labute approximate surface area is 97.3 Å². The van der Waals surface area contributed by atoms with Crippen LogP contribution in [0.2, 0.25) is 0 Å². The summed E-state index contributed by atoms with van der Waals surface area (Å²) in [5, 5.41) is 9.77. The van der Waals surface area contributed by atoms with Gasteiger partial charge in [0, 0.05) is 0 Å². The van der Waals surface area contributed by atoms with Crippen LogP contribution in [0, 0.1) is 0 Å². The number of aliphatic hydroxyl groups is 1. The third kappa shape index (κ3) is 4.51. The number of carbonyl (C=O) groups excluding carboxylic acids is 1. The molecule has 17 heavy (non-hydrogen) atoms. The minimum atomic E-state index is -4.42. The Kier molecular flexibility index (Phi) is 4.37. The van der Waals surface area contributed by atoms with E-state index in [9.17, 15) is 23.1 Å². The van der Waals surface area contributed by atoms with Crippen LogP contribution in [0.1, 0.15) is 19.8 Å². The fourth-order valence-corrected chi connectivity index (χ4v) is 1.81. The fraction of sp³-hybridized carbons (Fsp3) is 0.900. The molecule has 7 heteroatoms. The van der Waals surface area contributed by atoms with Gasteiger partial charge >= 0.3 is 6.18 Å². The van der Waals surface area contributed by atoms with E-state index in [4.69, 9.17) is 0 Å². The topological polar surface area (TPSA) is 49.8 Å². The van der Waals surface area contributed by atoms with Gasteiger partial charge in [0.2, 0.25) is 5.91 Å². The summed E-state index contributed by atoms with van der Waals surface area (Å²) in [7, 11) is 0. The zero-order valence-corrected chi connectivity index (χ0v) is 9.59. The number of β-amino-alcohol motifs (C(OH)–C–C–N with tert-alkyl or cyclic N) is 1. The molecule has 0 atom stereocenters. The first-order chi connectivity index (χ1) is 7.76. The molecule has 0 aromatic carbocycles. The number of hydrogen-bond acceptors (Lipinski definition) is 3. The summed E-state index contributed by atoms with van der Waals surface area (Å²) >= 11 is 0. The van der Waals surface area contributed by atoms with E-state index in [1.165, 1.54) is 4.90 Å². The Bertz CT molecular complexity index is 274. The van der Waals surface area contributed by atoms with Crippen molar-refractivity contribution in [2.75, 3.05) is 26.3 Å². The minimum Gasteiger partial charge on any atom is -0.386 e. The summed E-state index contributed by atoms with van der Waals surface area (Å²) in [6.07, 6.45) is -3.04. The lowest BCUT2D eigenvalue weighted by Crippen LogP contribution is -2.64. The molecule has 0 unspecified atom stereocenters. The van der Waals surface area contributed by atoms with Crippen molar-refractivity contribution in [1.82, 2.24) is 4.90 Å². The molecule has 1 rings (SSSR count). The highest BCUT2D eigenvalue weighted by molar-refractivity contribution is 5.78. The first kappa shape index (κ1) is 14.2. The first-order valence-electron chi connectivity index (χ1n) is 5.40. The normalized spacial score (nSPS) is 19.0. The summed E-state index contributed by atoms with van der Waals surface area (Å²) in [5.41, 5.74) is -0.867. The van der Waals surface area contributed by atoms with E-state index >= 15 is 0 Å². The molecule has 1 saturated heterocycles. The van der Waals surface area contributed by atoms with Crippen LogP contribution in [0.25, 0.3) is 0 Å². The van der Waals surface area contributed by atoms with Gasteiger partial charge in [0.05, 0.1) is 18.7 Å². The van der Waals surface area contributed by atoms with Gasteiger partial charge in [0.25, 0.3) is 0 Å². The number of hydrogen-bond donors (Lipinski definition) is 1. The Morgan fingerprint density at radius 1 is 1.47 bits per heavy atom. The van der Waals surface area contributed by atoms with Crippen LogP contribution in [-0.2, 0) is 9.53 Å². The summed E-state index contributed by atoms with van der Waals surface area (Å²) < 4.78 is 39.5. The predicted octanol–water partition coefficient (Wildman–Crippen LogP) is 0.939. The molecule has 1 fully saturated rings. The molecule has 0 aliphatic carbocycles.